The number of anilines is 1. The summed E-state index contributed by atoms with van der Waals surface area (Å²) in [6.45, 7) is 0. The molecule has 0 amide bonds. The number of rotatable bonds is 3. The Balaban J connectivity index is 1.69. The van der Waals surface area contributed by atoms with Gasteiger partial charge in [0, 0.05) is 18.1 Å². The SMILES string of the molecule is CN1C2CCCC1CC(Nc1cccc(C(=O)O)n1)C2. The molecule has 0 spiro atoms. The molecule has 20 heavy (non-hydrogen) atoms. The average Bonchev–Trinajstić information content (AvgIpc) is 2.40. The lowest BCUT2D eigenvalue weighted by Crippen LogP contribution is -2.52. The topological polar surface area (TPSA) is 65.5 Å². The molecule has 108 valence electrons. The number of fused-ring (bicyclic) bond motifs is 2. The first-order chi connectivity index (χ1) is 9.63. The van der Waals surface area contributed by atoms with E-state index in [-0.39, 0.29) is 5.69 Å². The third-order valence-electron chi connectivity index (χ3n) is 4.66. The Kier molecular flexibility index (Phi) is 3.61. The number of nitrogens with zero attached hydrogens (tertiary/aromatic N) is 2. The number of aromatic carboxylic acids is 1. The summed E-state index contributed by atoms with van der Waals surface area (Å²) in [6.07, 6.45) is 6.11. The summed E-state index contributed by atoms with van der Waals surface area (Å²) in [5.74, 6) is -0.300. The summed E-state index contributed by atoms with van der Waals surface area (Å²) in [5, 5.41) is 12.4. The maximum absolute atomic E-state index is 11.0. The van der Waals surface area contributed by atoms with Gasteiger partial charge in [0.25, 0.3) is 0 Å². The molecule has 2 atom stereocenters. The van der Waals surface area contributed by atoms with Gasteiger partial charge in [-0.3, -0.25) is 0 Å². The number of pyridine rings is 1. The van der Waals surface area contributed by atoms with Crippen LogP contribution in [0, 0.1) is 0 Å². The van der Waals surface area contributed by atoms with Gasteiger partial charge in [-0.05, 0) is 44.9 Å². The van der Waals surface area contributed by atoms with Crippen LogP contribution in [0.1, 0.15) is 42.6 Å². The van der Waals surface area contributed by atoms with Crippen molar-refractivity contribution in [2.24, 2.45) is 0 Å². The number of carbonyl (C=O) groups is 1. The third-order valence-corrected chi connectivity index (χ3v) is 4.66. The predicted molar refractivity (Wildman–Crippen MR) is 77.0 cm³/mol. The molecular formula is C15H21N3O2. The van der Waals surface area contributed by atoms with Crippen LogP contribution in [-0.4, -0.2) is 46.1 Å². The zero-order chi connectivity index (χ0) is 14.1. The Labute approximate surface area is 119 Å². The van der Waals surface area contributed by atoms with Gasteiger partial charge >= 0.3 is 5.97 Å². The van der Waals surface area contributed by atoms with Crippen LogP contribution < -0.4 is 5.32 Å². The lowest BCUT2D eigenvalue weighted by atomic mass is 9.82. The normalized spacial score (nSPS) is 29.9. The van der Waals surface area contributed by atoms with Crippen LogP contribution in [0.25, 0.3) is 0 Å². The Morgan fingerprint density at radius 3 is 2.70 bits per heavy atom. The zero-order valence-electron chi connectivity index (χ0n) is 11.7. The van der Waals surface area contributed by atoms with Crippen LogP contribution >= 0.6 is 0 Å². The van der Waals surface area contributed by atoms with Crippen molar-refractivity contribution in [2.45, 2.75) is 50.2 Å². The molecule has 2 saturated heterocycles. The van der Waals surface area contributed by atoms with Crippen molar-refractivity contribution in [1.82, 2.24) is 9.88 Å². The molecule has 2 bridgehead atoms. The molecule has 0 radical (unpaired) electrons. The molecule has 3 heterocycles. The van der Waals surface area contributed by atoms with Gasteiger partial charge in [-0.1, -0.05) is 12.5 Å². The van der Waals surface area contributed by atoms with Crippen LogP contribution in [0.15, 0.2) is 18.2 Å². The molecule has 1 aromatic heterocycles. The molecule has 2 N–H and O–H groups in total. The molecule has 5 heteroatoms. The number of carboxylic acid groups (broad SMARTS) is 1. The minimum absolute atomic E-state index is 0.100. The zero-order valence-corrected chi connectivity index (χ0v) is 11.7. The van der Waals surface area contributed by atoms with Crippen LogP contribution in [0.5, 0.6) is 0 Å². The van der Waals surface area contributed by atoms with E-state index in [2.05, 4.69) is 22.2 Å². The van der Waals surface area contributed by atoms with E-state index in [0.29, 0.717) is 23.9 Å². The van der Waals surface area contributed by atoms with E-state index in [1.165, 1.54) is 25.3 Å². The number of nitrogens with one attached hydrogen (secondary N) is 1. The van der Waals surface area contributed by atoms with Crippen molar-refractivity contribution in [2.75, 3.05) is 12.4 Å². The molecule has 0 saturated carbocycles. The molecule has 2 unspecified atom stereocenters. The maximum atomic E-state index is 11.0. The molecule has 5 nitrogen and oxygen atoms in total. The van der Waals surface area contributed by atoms with Crippen molar-refractivity contribution >= 4 is 11.8 Å². The summed E-state index contributed by atoms with van der Waals surface area (Å²) < 4.78 is 0. The molecule has 2 fully saturated rings. The van der Waals surface area contributed by atoms with E-state index < -0.39 is 5.97 Å². The fraction of sp³-hybridized carbons (Fsp3) is 0.600. The first-order valence-corrected chi connectivity index (χ1v) is 7.32. The van der Waals surface area contributed by atoms with Crippen LogP contribution in [0.3, 0.4) is 0 Å². The highest BCUT2D eigenvalue weighted by molar-refractivity contribution is 5.85. The van der Waals surface area contributed by atoms with E-state index in [1.54, 1.807) is 6.07 Å². The summed E-state index contributed by atoms with van der Waals surface area (Å²) in [7, 11) is 2.23. The second kappa shape index (κ2) is 5.40. The Hall–Kier alpha value is -1.62. The lowest BCUT2D eigenvalue weighted by Gasteiger charge is -2.47. The first kappa shape index (κ1) is 13.4. The Morgan fingerprint density at radius 2 is 2.05 bits per heavy atom. The van der Waals surface area contributed by atoms with Crippen molar-refractivity contribution < 1.29 is 9.90 Å². The number of hydrogen-bond donors (Lipinski definition) is 2. The molecule has 0 aliphatic carbocycles. The average molecular weight is 275 g/mol. The minimum atomic E-state index is -0.978. The fourth-order valence-electron chi connectivity index (χ4n) is 3.58. The summed E-state index contributed by atoms with van der Waals surface area (Å²) in [6, 6.07) is 6.83. The molecule has 1 aromatic rings. The number of carboxylic acids is 1. The summed E-state index contributed by atoms with van der Waals surface area (Å²) in [4.78, 5) is 17.6. The molecular weight excluding hydrogens is 254 g/mol. The smallest absolute Gasteiger partial charge is 0.354 e. The highest BCUT2D eigenvalue weighted by Gasteiger charge is 2.35. The van der Waals surface area contributed by atoms with Gasteiger partial charge in [-0.15, -0.1) is 0 Å². The van der Waals surface area contributed by atoms with Crippen molar-refractivity contribution in [1.29, 1.82) is 0 Å². The number of piperidine rings is 2. The standard InChI is InChI=1S/C15H21N3O2/c1-18-11-4-2-5-12(18)9-10(8-11)16-14-7-3-6-13(17-14)15(19)20/h3,6-7,10-12H,2,4-5,8-9H2,1H3,(H,16,17)(H,19,20). The highest BCUT2D eigenvalue weighted by Crippen LogP contribution is 2.33. The van der Waals surface area contributed by atoms with Crippen molar-refractivity contribution in [3.05, 3.63) is 23.9 Å². The second-order valence-corrected chi connectivity index (χ2v) is 5.93. The van der Waals surface area contributed by atoms with Crippen LogP contribution in [-0.2, 0) is 0 Å². The highest BCUT2D eigenvalue weighted by atomic mass is 16.4. The Morgan fingerprint density at radius 1 is 1.35 bits per heavy atom. The van der Waals surface area contributed by atoms with Gasteiger partial charge in [-0.25, -0.2) is 9.78 Å². The molecule has 3 rings (SSSR count). The molecule has 0 aromatic carbocycles. The maximum Gasteiger partial charge on any atom is 0.354 e. The van der Waals surface area contributed by atoms with Gasteiger partial charge in [0.2, 0.25) is 0 Å². The van der Waals surface area contributed by atoms with Gasteiger partial charge in [-0.2, -0.15) is 0 Å². The molecule has 2 aliphatic rings. The quantitative estimate of drug-likeness (QED) is 0.885. The van der Waals surface area contributed by atoms with Crippen molar-refractivity contribution in [3.63, 3.8) is 0 Å². The van der Waals surface area contributed by atoms with Crippen LogP contribution in [0.2, 0.25) is 0 Å². The predicted octanol–water partition coefficient (Wildman–Crippen LogP) is 2.21. The second-order valence-electron chi connectivity index (χ2n) is 5.93. The van der Waals surface area contributed by atoms with Crippen LogP contribution in [0.4, 0.5) is 5.82 Å². The third kappa shape index (κ3) is 2.63. The summed E-state index contributed by atoms with van der Waals surface area (Å²) >= 11 is 0. The summed E-state index contributed by atoms with van der Waals surface area (Å²) in [5.41, 5.74) is 0.100. The van der Waals surface area contributed by atoms with E-state index in [4.69, 9.17) is 5.11 Å². The lowest BCUT2D eigenvalue weighted by molar-refractivity contribution is 0.0607. The van der Waals surface area contributed by atoms with Gasteiger partial charge in [0.1, 0.15) is 5.82 Å². The number of hydrogen-bond acceptors (Lipinski definition) is 4. The largest absolute Gasteiger partial charge is 0.477 e. The van der Waals surface area contributed by atoms with Gasteiger partial charge < -0.3 is 15.3 Å². The van der Waals surface area contributed by atoms with Gasteiger partial charge in [0.15, 0.2) is 5.69 Å². The van der Waals surface area contributed by atoms with E-state index in [0.717, 1.165) is 12.8 Å². The Bertz CT molecular complexity index is 492. The van der Waals surface area contributed by atoms with E-state index in [1.807, 2.05) is 6.07 Å². The minimum Gasteiger partial charge on any atom is -0.477 e. The van der Waals surface area contributed by atoms with Crippen molar-refractivity contribution in [3.8, 4) is 0 Å². The fourth-order valence-corrected chi connectivity index (χ4v) is 3.58. The molecule has 2 aliphatic heterocycles. The first-order valence-electron chi connectivity index (χ1n) is 7.32. The number of aromatic nitrogens is 1. The van der Waals surface area contributed by atoms with E-state index in [9.17, 15) is 4.79 Å². The van der Waals surface area contributed by atoms with Gasteiger partial charge in [0.05, 0.1) is 0 Å². The monoisotopic (exact) mass is 275 g/mol. The van der Waals surface area contributed by atoms with E-state index >= 15 is 0 Å².